The van der Waals surface area contributed by atoms with E-state index in [4.69, 9.17) is 9.72 Å². The number of pyridine rings is 1. The van der Waals surface area contributed by atoms with Crippen molar-refractivity contribution in [3.63, 3.8) is 0 Å². The molecule has 6 nitrogen and oxygen atoms in total. The first-order valence-electron chi connectivity index (χ1n) is 10.6. The van der Waals surface area contributed by atoms with Crippen molar-refractivity contribution in [2.75, 3.05) is 25.0 Å². The summed E-state index contributed by atoms with van der Waals surface area (Å²) in [6, 6.07) is 13.3. The van der Waals surface area contributed by atoms with Crippen molar-refractivity contribution in [2.24, 2.45) is 0 Å². The molecule has 3 aromatic rings. The zero-order valence-corrected chi connectivity index (χ0v) is 18.2. The van der Waals surface area contributed by atoms with E-state index in [9.17, 15) is 9.59 Å². The first-order chi connectivity index (χ1) is 15.0. The van der Waals surface area contributed by atoms with Crippen LogP contribution in [0.25, 0.3) is 10.9 Å². The maximum atomic E-state index is 13.2. The number of para-hydroxylation sites is 1. The van der Waals surface area contributed by atoms with Crippen molar-refractivity contribution in [1.82, 2.24) is 9.88 Å². The lowest BCUT2D eigenvalue weighted by atomic mass is 9.96. The summed E-state index contributed by atoms with van der Waals surface area (Å²) in [5.74, 6) is -0.839. The number of nitrogens with zero attached hydrogens (tertiary/aromatic N) is 2. The molecule has 1 amide bonds. The molecule has 1 aliphatic rings. The highest BCUT2D eigenvalue weighted by Crippen LogP contribution is 2.28. The number of amides is 1. The molecular weight excluding hydrogens is 390 g/mol. The molecule has 31 heavy (non-hydrogen) atoms. The van der Waals surface area contributed by atoms with E-state index < -0.39 is 5.97 Å². The third-order valence-corrected chi connectivity index (χ3v) is 5.99. The number of aryl methyl sites for hydroxylation is 1. The van der Waals surface area contributed by atoms with Gasteiger partial charge in [-0.25, -0.2) is 4.79 Å². The van der Waals surface area contributed by atoms with Crippen LogP contribution in [-0.4, -0.2) is 41.5 Å². The first-order valence-corrected chi connectivity index (χ1v) is 10.6. The molecule has 2 aromatic carbocycles. The minimum absolute atomic E-state index is 0.338. The number of hydrogen-bond donors (Lipinski definition) is 1. The van der Waals surface area contributed by atoms with Gasteiger partial charge in [0.25, 0.3) is 5.91 Å². The van der Waals surface area contributed by atoms with Crippen LogP contribution < -0.4 is 5.32 Å². The number of carbonyl (C=O) groups is 2. The summed E-state index contributed by atoms with van der Waals surface area (Å²) in [4.78, 5) is 32.7. The second kappa shape index (κ2) is 8.86. The van der Waals surface area contributed by atoms with E-state index in [1.807, 2.05) is 56.3 Å². The first kappa shape index (κ1) is 21.0. The normalized spacial score (nSPS) is 13.6. The molecule has 1 N–H and O–H groups in total. The van der Waals surface area contributed by atoms with Gasteiger partial charge in [0, 0.05) is 41.8 Å². The molecule has 0 unspecified atom stereocenters. The number of fused-ring (bicyclic) bond motifs is 2. The second-order valence-corrected chi connectivity index (χ2v) is 7.92. The van der Waals surface area contributed by atoms with Crippen LogP contribution in [0.2, 0.25) is 0 Å². The predicted molar refractivity (Wildman–Crippen MR) is 121 cm³/mol. The lowest BCUT2D eigenvalue weighted by molar-refractivity contribution is -0.119. The molecule has 0 aliphatic carbocycles. The van der Waals surface area contributed by atoms with E-state index in [0.29, 0.717) is 12.1 Å². The molecule has 0 bridgehead atoms. The monoisotopic (exact) mass is 417 g/mol. The van der Waals surface area contributed by atoms with Gasteiger partial charge in [-0.3, -0.25) is 14.7 Å². The van der Waals surface area contributed by atoms with Crippen molar-refractivity contribution < 1.29 is 14.3 Å². The fourth-order valence-corrected chi connectivity index (χ4v) is 4.03. The number of ether oxygens (including phenoxy) is 1. The average Bonchev–Trinajstić information content (AvgIpc) is 2.78. The Morgan fingerprint density at radius 1 is 1.13 bits per heavy atom. The Balaban J connectivity index is 1.57. The second-order valence-electron chi connectivity index (χ2n) is 7.92. The van der Waals surface area contributed by atoms with Gasteiger partial charge in [0.1, 0.15) is 0 Å². The molecule has 0 fully saturated rings. The quantitative estimate of drug-likeness (QED) is 0.635. The van der Waals surface area contributed by atoms with E-state index in [2.05, 4.69) is 17.1 Å². The van der Waals surface area contributed by atoms with Gasteiger partial charge in [0.2, 0.25) is 0 Å². The van der Waals surface area contributed by atoms with Crippen LogP contribution in [0.15, 0.2) is 42.5 Å². The van der Waals surface area contributed by atoms with Crippen LogP contribution in [0.1, 0.15) is 39.7 Å². The molecule has 160 valence electrons. The summed E-state index contributed by atoms with van der Waals surface area (Å²) in [5.41, 5.74) is 5.96. The van der Waals surface area contributed by atoms with Crippen LogP contribution in [-0.2, 0) is 22.5 Å². The van der Waals surface area contributed by atoms with Gasteiger partial charge in [-0.15, -0.1) is 0 Å². The number of likely N-dealkylation sites (N-methyl/N-ethyl adjacent to an activating group) is 1. The van der Waals surface area contributed by atoms with Crippen LogP contribution >= 0.6 is 0 Å². The van der Waals surface area contributed by atoms with Gasteiger partial charge in [0.15, 0.2) is 6.61 Å². The van der Waals surface area contributed by atoms with Gasteiger partial charge in [-0.05, 0) is 43.7 Å². The van der Waals surface area contributed by atoms with Crippen molar-refractivity contribution in [3.8, 4) is 0 Å². The zero-order chi connectivity index (χ0) is 22.0. The highest BCUT2D eigenvalue weighted by atomic mass is 16.5. The number of benzene rings is 2. The fraction of sp³-hybridized carbons (Fsp3) is 0.320. The topological polar surface area (TPSA) is 71.5 Å². The number of anilines is 1. The fourth-order valence-electron chi connectivity index (χ4n) is 4.03. The summed E-state index contributed by atoms with van der Waals surface area (Å²) in [7, 11) is 0. The van der Waals surface area contributed by atoms with Crippen LogP contribution in [0.5, 0.6) is 0 Å². The molecule has 0 spiro atoms. The minimum atomic E-state index is -0.482. The van der Waals surface area contributed by atoms with Crippen molar-refractivity contribution in [1.29, 1.82) is 0 Å². The van der Waals surface area contributed by atoms with Gasteiger partial charge in [-0.2, -0.15) is 0 Å². The molecule has 4 rings (SSSR count). The van der Waals surface area contributed by atoms with Crippen molar-refractivity contribution in [3.05, 3.63) is 70.4 Å². The molecule has 0 saturated carbocycles. The number of esters is 1. The highest BCUT2D eigenvalue weighted by Gasteiger charge is 2.26. The van der Waals surface area contributed by atoms with E-state index >= 15 is 0 Å². The average molecular weight is 418 g/mol. The smallest absolute Gasteiger partial charge is 0.339 e. The summed E-state index contributed by atoms with van der Waals surface area (Å²) < 4.78 is 5.48. The van der Waals surface area contributed by atoms with Gasteiger partial charge in [-0.1, -0.05) is 37.3 Å². The Morgan fingerprint density at radius 2 is 1.94 bits per heavy atom. The SMILES string of the molecule is CCN1CCc2nc3ccccc3c(C(=O)OCC(=O)Nc3cccc(C)c3C)c2C1. The summed E-state index contributed by atoms with van der Waals surface area (Å²) in [5, 5.41) is 3.60. The third-order valence-electron chi connectivity index (χ3n) is 5.99. The molecule has 2 heterocycles. The zero-order valence-electron chi connectivity index (χ0n) is 18.2. The van der Waals surface area contributed by atoms with Crippen LogP contribution in [0.4, 0.5) is 5.69 Å². The molecule has 0 radical (unpaired) electrons. The Morgan fingerprint density at radius 3 is 2.74 bits per heavy atom. The number of aromatic nitrogens is 1. The van der Waals surface area contributed by atoms with Gasteiger partial charge >= 0.3 is 5.97 Å². The lowest BCUT2D eigenvalue weighted by Crippen LogP contribution is -2.32. The molecular formula is C25H27N3O3. The highest BCUT2D eigenvalue weighted by molar-refractivity contribution is 6.06. The van der Waals surface area contributed by atoms with E-state index in [1.165, 1.54) is 0 Å². The number of hydrogen-bond acceptors (Lipinski definition) is 5. The van der Waals surface area contributed by atoms with Gasteiger partial charge in [0.05, 0.1) is 11.1 Å². The molecule has 1 aromatic heterocycles. The van der Waals surface area contributed by atoms with Gasteiger partial charge < -0.3 is 10.1 Å². The summed E-state index contributed by atoms with van der Waals surface area (Å²) in [6.45, 7) is 8.18. The number of rotatable bonds is 5. The van der Waals surface area contributed by atoms with Crippen molar-refractivity contribution >= 4 is 28.5 Å². The number of carbonyl (C=O) groups excluding carboxylic acids is 2. The van der Waals surface area contributed by atoms with Crippen LogP contribution in [0, 0.1) is 13.8 Å². The van der Waals surface area contributed by atoms with Crippen LogP contribution in [0.3, 0.4) is 0 Å². The Bertz CT molecular complexity index is 1160. The Hall–Kier alpha value is -3.25. The van der Waals surface area contributed by atoms with E-state index in [1.54, 1.807) is 0 Å². The predicted octanol–water partition coefficient (Wildman–Crippen LogP) is 4.03. The molecule has 0 atom stereocenters. The van der Waals surface area contributed by atoms with E-state index in [0.717, 1.165) is 58.5 Å². The van der Waals surface area contributed by atoms with E-state index in [-0.39, 0.29) is 12.5 Å². The maximum absolute atomic E-state index is 13.2. The number of nitrogens with one attached hydrogen (secondary N) is 1. The largest absolute Gasteiger partial charge is 0.452 e. The summed E-state index contributed by atoms with van der Waals surface area (Å²) in [6.07, 6.45) is 0.793. The Labute approximate surface area is 182 Å². The standard InChI is InChI=1S/C25H27N3O3/c1-4-28-13-12-22-19(14-28)24(18-9-5-6-10-21(18)26-22)25(30)31-15-23(29)27-20-11-7-8-16(2)17(20)3/h5-11H,4,12-15H2,1-3H3,(H,27,29). The lowest BCUT2D eigenvalue weighted by Gasteiger charge is -2.28. The third kappa shape index (κ3) is 4.30. The molecule has 6 heteroatoms. The molecule has 1 aliphatic heterocycles. The summed E-state index contributed by atoms with van der Waals surface area (Å²) >= 11 is 0. The molecule has 0 saturated heterocycles. The van der Waals surface area contributed by atoms with Crippen molar-refractivity contribution in [2.45, 2.75) is 33.7 Å². The Kier molecular flexibility index (Phi) is 6.00. The minimum Gasteiger partial charge on any atom is -0.452 e. The maximum Gasteiger partial charge on any atom is 0.339 e.